The first-order valence-electron chi connectivity index (χ1n) is 8.47. The van der Waals surface area contributed by atoms with E-state index >= 15 is 0 Å². The van der Waals surface area contributed by atoms with E-state index in [9.17, 15) is 9.59 Å². The number of nitrogen functional groups attached to an aromatic ring is 1. The molecule has 7 heteroatoms. The second-order valence-electron chi connectivity index (χ2n) is 6.40. The lowest BCUT2D eigenvalue weighted by molar-refractivity contribution is 0.0761. The fourth-order valence-electron chi connectivity index (χ4n) is 3.03. The van der Waals surface area contributed by atoms with Crippen LogP contribution in [-0.2, 0) is 7.05 Å². The number of likely N-dealkylation sites (tertiary alicyclic amines) is 1. The minimum absolute atomic E-state index is 0.0764. The Hall–Kier alpha value is -2.83. The summed E-state index contributed by atoms with van der Waals surface area (Å²) in [6, 6.07) is 7.07. The van der Waals surface area contributed by atoms with Gasteiger partial charge in [0.2, 0.25) is 0 Å². The molecule has 0 bridgehead atoms. The Labute approximate surface area is 146 Å². The summed E-state index contributed by atoms with van der Waals surface area (Å²) >= 11 is 0. The SMILES string of the molecule is Cn1ccc(C(=O)N2CCCC(Nc3ccc(N)nc3)CC2)cc1=O. The van der Waals surface area contributed by atoms with E-state index in [2.05, 4.69) is 10.3 Å². The summed E-state index contributed by atoms with van der Waals surface area (Å²) in [6.45, 7) is 1.36. The van der Waals surface area contributed by atoms with Crippen LogP contribution in [0.15, 0.2) is 41.5 Å². The van der Waals surface area contributed by atoms with Crippen molar-refractivity contribution in [2.45, 2.75) is 25.3 Å². The third kappa shape index (κ3) is 4.17. The molecule has 3 heterocycles. The average molecular weight is 341 g/mol. The predicted molar refractivity (Wildman–Crippen MR) is 97.5 cm³/mol. The van der Waals surface area contributed by atoms with Gasteiger partial charge in [0.25, 0.3) is 11.5 Å². The molecule has 0 aliphatic carbocycles. The molecule has 2 aromatic rings. The van der Waals surface area contributed by atoms with Crippen LogP contribution in [0.4, 0.5) is 11.5 Å². The van der Waals surface area contributed by atoms with Crippen molar-refractivity contribution < 1.29 is 4.79 Å². The molecule has 1 atom stereocenters. The average Bonchev–Trinajstić information content (AvgIpc) is 2.84. The molecule has 2 aromatic heterocycles. The molecule has 0 radical (unpaired) electrons. The quantitative estimate of drug-likeness (QED) is 0.882. The van der Waals surface area contributed by atoms with Crippen molar-refractivity contribution in [1.82, 2.24) is 14.5 Å². The summed E-state index contributed by atoms with van der Waals surface area (Å²) in [5.74, 6) is 0.421. The molecule has 1 amide bonds. The first-order valence-corrected chi connectivity index (χ1v) is 8.47. The zero-order valence-corrected chi connectivity index (χ0v) is 14.3. The number of nitrogens with zero attached hydrogens (tertiary/aromatic N) is 3. The number of nitrogens with two attached hydrogens (primary N) is 1. The van der Waals surface area contributed by atoms with E-state index in [1.54, 1.807) is 31.6 Å². The van der Waals surface area contributed by atoms with Crippen LogP contribution < -0.4 is 16.6 Å². The van der Waals surface area contributed by atoms with Gasteiger partial charge in [-0.2, -0.15) is 0 Å². The van der Waals surface area contributed by atoms with Crippen LogP contribution in [0, 0.1) is 0 Å². The van der Waals surface area contributed by atoms with Crippen molar-refractivity contribution >= 4 is 17.4 Å². The minimum atomic E-state index is -0.170. The third-order valence-corrected chi connectivity index (χ3v) is 4.52. The summed E-state index contributed by atoms with van der Waals surface area (Å²) in [6.07, 6.45) is 6.09. The van der Waals surface area contributed by atoms with Crippen molar-refractivity contribution in [3.05, 3.63) is 52.6 Å². The van der Waals surface area contributed by atoms with Gasteiger partial charge in [-0.25, -0.2) is 4.98 Å². The number of anilines is 2. The van der Waals surface area contributed by atoms with Gasteiger partial charge >= 0.3 is 0 Å². The molecule has 1 unspecified atom stereocenters. The highest BCUT2D eigenvalue weighted by atomic mass is 16.2. The highest BCUT2D eigenvalue weighted by Gasteiger charge is 2.22. The van der Waals surface area contributed by atoms with Crippen LogP contribution in [0.2, 0.25) is 0 Å². The van der Waals surface area contributed by atoms with E-state index in [0.717, 1.165) is 24.9 Å². The van der Waals surface area contributed by atoms with E-state index in [0.29, 0.717) is 24.5 Å². The van der Waals surface area contributed by atoms with Crippen LogP contribution in [-0.4, -0.2) is 39.5 Å². The maximum atomic E-state index is 12.7. The van der Waals surface area contributed by atoms with Gasteiger partial charge in [0, 0.05) is 44.0 Å². The summed E-state index contributed by atoms with van der Waals surface area (Å²) in [7, 11) is 1.67. The molecule has 1 saturated heterocycles. The molecule has 25 heavy (non-hydrogen) atoms. The molecular formula is C18H23N5O2. The van der Waals surface area contributed by atoms with E-state index in [1.807, 2.05) is 11.0 Å². The molecule has 1 aliphatic rings. The fourth-order valence-corrected chi connectivity index (χ4v) is 3.03. The lowest BCUT2D eigenvalue weighted by Crippen LogP contribution is -2.33. The standard InChI is InChI=1S/C18H23N5O2/c1-22-9-6-13(11-17(22)24)18(25)23-8-2-3-14(7-10-23)21-15-4-5-16(19)20-12-15/h4-6,9,11-12,14,21H,2-3,7-8,10H2,1H3,(H2,19,20). The Kier molecular flexibility index (Phi) is 5.02. The number of amides is 1. The second kappa shape index (κ2) is 7.38. The van der Waals surface area contributed by atoms with Crippen LogP contribution in [0.3, 0.4) is 0 Å². The number of aromatic nitrogens is 2. The van der Waals surface area contributed by atoms with Crippen molar-refractivity contribution in [2.24, 2.45) is 7.05 Å². The molecule has 0 saturated carbocycles. The van der Waals surface area contributed by atoms with E-state index in [-0.39, 0.29) is 17.5 Å². The van der Waals surface area contributed by atoms with Crippen molar-refractivity contribution in [2.75, 3.05) is 24.1 Å². The third-order valence-electron chi connectivity index (χ3n) is 4.52. The van der Waals surface area contributed by atoms with E-state index < -0.39 is 0 Å². The molecule has 3 rings (SSSR count). The maximum absolute atomic E-state index is 12.7. The van der Waals surface area contributed by atoms with Crippen molar-refractivity contribution in [1.29, 1.82) is 0 Å². The molecule has 0 aromatic carbocycles. The zero-order chi connectivity index (χ0) is 17.8. The van der Waals surface area contributed by atoms with Gasteiger partial charge in [-0.05, 0) is 37.5 Å². The highest BCUT2D eigenvalue weighted by Crippen LogP contribution is 2.18. The highest BCUT2D eigenvalue weighted by molar-refractivity contribution is 5.94. The Morgan fingerprint density at radius 1 is 1.28 bits per heavy atom. The number of carbonyl (C=O) groups is 1. The number of nitrogens with one attached hydrogen (secondary N) is 1. The number of pyridine rings is 2. The van der Waals surface area contributed by atoms with Gasteiger partial charge in [0.05, 0.1) is 11.9 Å². The first-order chi connectivity index (χ1) is 12.0. The fraction of sp³-hybridized carbons (Fsp3) is 0.389. The lowest BCUT2D eigenvalue weighted by Gasteiger charge is -2.21. The van der Waals surface area contributed by atoms with Gasteiger partial charge in [-0.3, -0.25) is 9.59 Å². The molecule has 7 nitrogen and oxygen atoms in total. The summed E-state index contributed by atoms with van der Waals surface area (Å²) in [5.41, 5.74) is 6.83. The van der Waals surface area contributed by atoms with Crippen LogP contribution in [0.5, 0.6) is 0 Å². The van der Waals surface area contributed by atoms with E-state index in [1.165, 1.54) is 10.6 Å². The number of hydrogen-bond donors (Lipinski definition) is 2. The molecule has 1 aliphatic heterocycles. The monoisotopic (exact) mass is 341 g/mol. The Morgan fingerprint density at radius 3 is 2.84 bits per heavy atom. The van der Waals surface area contributed by atoms with Crippen molar-refractivity contribution in [3.8, 4) is 0 Å². The molecule has 1 fully saturated rings. The number of rotatable bonds is 3. The summed E-state index contributed by atoms with van der Waals surface area (Å²) in [4.78, 5) is 30.3. The molecule has 132 valence electrons. The van der Waals surface area contributed by atoms with E-state index in [4.69, 9.17) is 5.73 Å². The predicted octanol–water partition coefficient (Wildman–Crippen LogP) is 1.47. The smallest absolute Gasteiger partial charge is 0.254 e. The number of hydrogen-bond acceptors (Lipinski definition) is 5. The Morgan fingerprint density at radius 2 is 2.12 bits per heavy atom. The summed E-state index contributed by atoms with van der Waals surface area (Å²) in [5, 5.41) is 3.45. The van der Waals surface area contributed by atoms with Gasteiger partial charge in [0.1, 0.15) is 5.82 Å². The van der Waals surface area contributed by atoms with Gasteiger partial charge in [-0.1, -0.05) is 0 Å². The number of carbonyl (C=O) groups excluding carboxylic acids is 1. The molecule has 0 spiro atoms. The van der Waals surface area contributed by atoms with Crippen LogP contribution >= 0.6 is 0 Å². The largest absolute Gasteiger partial charge is 0.384 e. The normalized spacial score (nSPS) is 17.8. The van der Waals surface area contributed by atoms with Gasteiger partial charge < -0.3 is 20.5 Å². The molecular weight excluding hydrogens is 318 g/mol. The van der Waals surface area contributed by atoms with Gasteiger partial charge in [-0.15, -0.1) is 0 Å². The van der Waals surface area contributed by atoms with Crippen LogP contribution in [0.1, 0.15) is 29.6 Å². The lowest BCUT2D eigenvalue weighted by atomic mass is 10.1. The first kappa shape index (κ1) is 17.0. The summed E-state index contributed by atoms with van der Waals surface area (Å²) < 4.78 is 1.46. The van der Waals surface area contributed by atoms with Crippen LogP contribution in [0.25, 0.3) is 0 Å². The molecule has 3 N–H and O–H groups in total. The Bertz CT molecular complexity index is 800. The second-order valence-corrected chi connectivity index (χ2v) is 6.40. The van der Waals surface area contributed by atoms with Gasteiger partial charge in [0.15, 0.2) is 0 Å². The Balaban J connectivity index is 1.62. The zero-order valence-electron chi connectivity index (χ0n) is 14.3. The number of aryl methyl sites for hydroxylation is 1. The maximum Gasteiger partial charge on any atom is 0.254 e. The topological polar surface area (TPSA) is 93.2 Å². The minimum Gasteiger partial charge on any atom is -0.384 e. The van der Waals surface area contributed by atoms with Crippen molar-refractivity contribution in [3.63, 3.8) is 0 Å².